The van der Waals surface area contributed by atoms with E-state index >= 15 is 0 Å². The van der Waals surface area contributed by atoms with Crippen LogP contribution in [-0.4, -0.2) is 56.0 Å². The van der Waals surface area contributed by atoms with Crippen molar-refractivity contribution in [3.8, 4) is 11.5 Å². The number of methoxy groups -OCH3 is 1. The topological polar surface area (TPSA) is 85.3 Å². The molecular weight excluding hydrogens is 448 g/mol. The van der Waals surface area contributed by atoms with Crippen LogP contribution in [0.2, 0.25) is 5.02 Å². The van der Waals surface area contributed by atoms with E-state index in [1.165, 1.54) is 11.8 Å². The van der Waals surface area contributed by atoms with Crippen molar-refractivity contribution in [1.29, 1.82) is 0 Å². The van der Waals surface area contributed by atoms with Crippen molar-refractivity contribution in [3.63, 3.8) is 0 Å². The number of carbonyl (C=O) groups is 1. The summed E-state index contributed by atoms with van der Waals surface area (Å²) >= 11 is 7.15. The number of benzene rings is 2. The fourth-order valence-electron chi connectivity index (χ4n) is 3.49. The minimum absolute atomic E-state index is 0.0111. The number of halogens is 1. The molecular formula is C20H19ClN2O5S2. The normalized spacial score (nSPS) is 23.4. The summed E-state index contributed by atoms with van der Waals surface area (Å²) in [5.41, 5.74) is 0.683. The molecule has 0 bridgehead atoms. The van der Waals surface area contributed by atoms with Crippen molar-refractivity contribution in [3.05, 3.63) is 53.6 Å². The molecule has 2 aromatic rings. The second-order valence-corrected chi connectivity index (χ2v) is 10.7. The van der Waals surface area contributed by atoms with Gasteiger partial charge in [-0.1, -0.05) is 35.5 Å². The molecule has 2 atom stereocenters. The van der Waals surface area contributed by atoms with Gasteiger partial charge in [0.2, 0.25) is 0 Å². The van der Waals surface area contributed by atoms with Crippen LogP contribution in [0.25, 0.3) is 0 Å². The van der Waals surface area contributed by atoms with Crippen molar-refractivity contribution in [2.75, 3.05) is 30.1 Å². The molecule has 0 aromatic heterocycles. The van der Waals surface area contributed by atoms with E-state index in [1.807, 2.05) is 18.2 Å². The van der Waals surface area contributed by atoms with E-state index in [0.717, 1.165) is 0 Å². The highest BCUT2D eigenvalue weighted by molar-refractivity contribution is 8.16. The van der Waals surface area contributed by atoms with Gasteiger partial charge in [0.05, 0.1) is 30.3 Å². The number of sulfone groups is 1. The number of amides is 1. The number of amidine groups is 1. The summed E-state index contributed by atoms with van der Waals surface area (Å²) in [6.07, 6.45) is 0. The van der Waals surface area contributed by atoms with Gasteiger partial charge >= 0.3 is 0 Å². The monoisotopic (exact) mass is 466 g/mol. The second kappa shape index (κ2) is 8.49. The number of nitrogens with zero attached hydrogens (tertiary/aromatic N) is 2. The molecule has 2 fully saturated rings. The first-order valence-electron chi connectivity index (χ1n) is 9.15. The second-order valence-electron chi connectivity index (χ2n) is 6.87. The SMILES string of the molecule is COc1ccccc1N1C(=NC(=O)COc2ccc(Cl)cc2)S[C@@H]2CS(=O)(=O)C[C@H]21. The Morgan fingerprint density at radius 2 is 1.93 bits per heavy atom. The number of anilines is 1. The molecule has 0 radical (unpaired) electrons. The summed E-state index contributed by atoms with van der Waals surface area (Å²) in [6.45, 7) is -0.237. The molecule has 0 spiro atoms. The number of aliphatic imine (C=N–C) groups is 1. The zero-order chi connectivity index (χ0) is 21.3. The van der Waals surface area contributed by atoms with Gasteiger partial charge < -0.3 is 14.4 Å². The molecule has 4 rings (SSSR count). The molecule has 0 saturated carbocycles. The summed E-state index contributed by atoms with van der Waals surface area (Å²) in [5.74, 6) is 0.701. The number of ether oxygens (including phenoxy) is 2. The molecule has 2 heterocycles. The Balaban J connectivity index is 1.59. The van der Waals surface area contributed by atoms with Gasteiger partial charge in [-0.25, -0.2) is 8.42 Å². The number of carbonyl (C=O) groups excluding carboxylic acids is 1. The van der Waals surface area contributed by atoms with Crippen molar-refractivity contribution in [2.24, 2.45) is 4.99 Å². The van der Waals surface area contributed by atoms with E-state index in [2.05, 4.69) is 4.99 Å². The summed E-state index contributed by atoms with van der Waals surface area (Å²) in [6, 6.07) is 13.7. The Kier molecular flexibility index (Phi) is 5.95. The lowest BCUT2D eigenvalue weighted by Crippen LogP contribution is -2.38. The number of thioether (sulfide) groups is 1. The summed E-state index contributed by atoms with van der Waals surface area (Å²) in [5, 5.41) is 0.836. The molecule has 2 aliphatic rings. The molecule has 2 aliphatic heterocycles. The van der Waals surface area contributed by atoms with Crippen LogP contribution in [0.4, 0.5) is 5.69 Å². The smallest absolute Gasteiger partial charge is 0.285 e. The lowest BCUT2D eigenvalue weighted by atomic mass is 10.2. The zero-order valence-electron chi connectivity index (χ0n) is 16.0. The van der Waals surface area contributed by atoms with Crippen LogP contribution in [0, 0.1) is 0 Å². The van der Waals surface area contributed by atoms with Crippen molar-refractivity contribution in [1.82, 2.24) is 0 Å². The number of hydrogen-bond acceptors (Lipinski definition) is 6. The average Bonchev–Trinajstić information content (AvgIpc) is 3.18. The highest BCUT2D eigenvalue weighted by atomic mass is 35.5. The maximum absolute atomic E-state index is 12.5. The predicted octanol–water partition coefficient (Wildman–Crippen LogP) is 3.03. The lowest BCUT2D eigenvalue weighted by Gasteiger charge is -2.26. The largest absolute Gasteiger partial charge is 0.495 e. The maximum Gasteiger partial charge on any atom is 0.285 e. The van der Waals surface area contributed by atoms with E-state index in [-0.39, 0.29) is 29.4 Å². The van der Waals surface area contributed by atoms with Crippen LogP contribution in [-0.2, 0) is 14.6 Å². The Labute approximate surface area is 183 Å². The van der Waals surface area contributed by atoms with Gasteiger partial charge in [-0.05, 0) is 36.4 Å². The van der Waals surface area contributed by atoms with E-state index < -0.39 is 15.7 Å². The first-order valence-corrected chi connectivity index (χ1v) is 12.2. The van der Waals surface area contributed by atoms with Crippen LogP contribution in [0.15, 0.2) is 53.5 Å². The van der Waals surface area contributed by atoms with Gasteiger partial charge in [-0.2, -0.15) is 4.99 Å². The van der Waals surface area contributed by atoms with Crippen LogP contribution in [0.5, 0.6) is 11.5 Å². The Morgan fingerprint density at radius 1 is 1.20 bits per heavy atom. The molecule has 0 N–H and O–H groups in total. The highest BCUT2D eigenvalue weighted by Crippen LogP contribution is 2.43. The van der Waals surface area contributed by atoms with Gasteiger partial charge in [0, 0.05) is 10.3 Å². The number of rotatable bonds is 5. The maximum atomic E-state index is 12.5. The molecule has 158 valence electrons. The third-order valence-electron chi connectivity index (χ3n) is 4.81. The molecule has 2 saturated heterocycles. The van der Waals surface area contributed by atoms with Crippen molar-refractivity contribution < 1.29 is 22.7 Å². The Hall–Kier alpha value is -2.23. The highest BCUT2D eigenvalue weighted by Gasteiger charge is 2.50. The third-order valence-corrected chi connectivity index (χ3v) is 8.27. The number of para-hydroxylation sites is 2. The molecule has 0 aliphatic carbocycles. The van der Waals surface area contributed by atoms with Crippen LogP contribution >= 0.6 is 23.4 Å². The molecule has 0 unspecified atom stereocenters. The van der Waals surface area contributed by atoms with Crippen LogP contribution in [0.1, 0.15) is 0 Å². The number of fused-ring (bicyclic) bond motifs is 1. The van der Waals surface area contributed by atoms with Gasteiger partial charge in [0.25, 0.3) is 5.91 Å². The third kappa shape index (κ3) is 4.43. The molecule has 1 amide bonds. The van der Waals surface area contributed by atoms with Crippen molar-refractivity contribution in [2.45, 2.75) is 11.3 Å². The summed E-state index contributed by atoms with van der Waals surface area (Å²) < 4.78 is 35.3. The van der Waals surface area contributed by atoms with Crippen molar-refractivity contribution >= 4 is 50.0 Å². The molecule has 10 heteroatoms. The van der Waals surface area contributed by atoms with Crippen LogP contribution in [0.3, 0.4) is 0 Å². The summed E-state index contributed by atoms with van der Waals surface area (Å²) in [7, 11) is -1.60. The van der Waals surface area contributed by atoms with Gasteiger partial charge in [0.1, 0.15) is 11.5 Å². The van der Waals surface area contributed by atoms with E-state index in [0.29, 0.717) is 27.4 Å². The van der Waals surface area contributed by atoms with Gasteiger partial charge in [-0.3, -0.25) is 4.79 Å². The first-order chi connectivity index (χ1) is 14.4. The quantitative estimate of drug-likeness (QED) is 0.669. The Morgan fingerprint density at radius 3 is 2.67 bits per heavy atom. The van der Waals surface area contributed by atoms with E-state index in [1.54, 1.807) is 42.3 Å². The standard InChI is InChI=1S/C20H19ClN2O5S2/c1-27-17-5-3-2-4-15(17)23-16-11-30(25,26)12-18(16)29-20(23)22-19(24)10-28-14-8-6-13(21)7-9-14/h2-9,16,18H,10-12H2,1H3/t16-,18-/m1/s1. The fourth-order valence-corrected chi connectivity index (χ4v) is 7.54. The fraction of sp³-hybridized carbons (Fsp3) is 0.300. The van der Waals surface area contributed by atoms with E-state index in [9.17, 15) is 13.2 Å². The van der Waals surface area contributed by atoms with Gasteiger partial charge in [0.15, 0.2) is 21.6 Å². The summed E-state index contributed by atoms with van der Waals surface area (Å²) in [4.78, 5) is 18.5. The zero-order valence-corrected chi connectivity index (χ0v) is 18.4. The van der Waals surface area contributed by atoms with E-state index in [4.69, 9.17) is 21.1 Å². The molecule has 7 nitrogen and oxygen atoms in total. The minimum Gasteiger partial charge on any atom is -0.495 e. The average molecular weight is 467 g/mol. The minimum atomic E-state index is -3.15. The predicted molar refractivity (Wildman–Crippen MR) is 119 cm³/mol. The Bertz CT molecular complexity index is 1090. The van der Waals surface area contributed by atoms with Crippen LogP contribution < -0.4 is 14.4 Å². The lowest BCUT2D eigenvalue weighted by molar-refractivity contribution is -0.119. The molecule has 30 heavy (non-hydrogen) atoms. The first kappa shape index (κ1) is 21.0. The molecule has 2 aromatic carbocycles. The number of hydrogen-bond donors (Lipinski definition) is 0. The van der Waals surface area contributed by atoms with Gasteiger partial charge in [-0.15, -0.1) is 0 Å².